The number of ether oxygens (including phenoxy) is 1. The van der Waals surface area contributed by atoms with Gasteiger partial charge >= 0.3 is 0 Å². The summed E-state index contributed by atoms with van der Waals surface area (Å²) in [6.07, 6.45) is 19.9. The minimum Gasteiger partial charge on any atom is -0.378 e. The Kier molecular flexibility index (Phi) is 7.21. The van der Waals surface area contributed by atoms with Crippen LogP contribution in [0.3, 0.4) is 0 Å². The predicted molar refractivity (Wildman–Crippen MR) is 154 cm³/mol. The lowest BCUT2D eigenvalue weighted by Crippen LogP contribution is -2.60. The van der Waals surface area contributed by atoms with E-state index >= 15 is 0 Å². The third kappa shape index (κ3) is 4.92. The molecule has 2 aliphatic carbocycles. The van der Waals surface area contributed by atoms with E-state index in [1.54, 1.807) is 0 Å². The average molecular weight is 515 g/mol. The smallest absolute Gasteiger partial charge is 0.141 e. The van der Waals surface area contributed by atoms with Crippen LogP contribution in [0, 0.1) is 17.8 Å². The molecule has 38 heavy (non-hydrogen) atoms. The summed E-state index contributed by atoms with van der Waals surface area (Å²) in [5, 5.41) is 3.50. The average Bonchev–Trinajstić information content (AvgIpc) is 3.22. The Labute approximate surface area is 228 Å². The Bertz CT molecular complexity index is 1160. The SMILES string of the molecule is CC1CCC2CC(n3c(C=C=CC4COCCN4)nc4ccccc43)CC1N2C1CC2CCCCC(C2)C1. The second kappa shape index (κ2) is 10.9. The first-order chi connectivity index (χ1) is 18.7. The number of rotatable bonds is 4. The number of aromatic nitrogens is 2. The molecule has 5 nitrogen and oxygen atoms in total. The van der Waals surface area contributed by atoms with E-state index in [9.17, 15) is 0 Å². The van der Waals surface area contributed by atoms with Crippen LogP contribution in [0.4, 0.5) is 0 Å². The van der Waals surface area contributed by atoms with Crippen LogP contribution in [0.5, 0.6) is 0 Å². The molecular formula is C33H46N4O. The zero-order valence-electron chi connectivity index (χ0n) is 23.2. The summed E-state index contributed by atoms with van der Waals surface area (Å²) < 4.78 is 8.20. The molecule has 1 aromatic heterocycles. The number of imidazole rings is 1. The molecule has 7 rings (SSSR count). The molecule has 0 amide bonds. The van der Waals surface area contributed by atoms with Gasteiger partial charge in [-0.1, -0.05) is 44.7 Å². The van der Waals surface area contributed by atoms with E-state index in [-0.39, 0.29) is 6.04 Å². The molecule has 5 heteroatoms. The Balaban J connectivity index is 1.18. The molecule has 0 spiro atoms. The molecule has 2 aromatic rings. The third-order valence-corrected chi connectivity index (χ3v) is 10.7. The summed E-state index contributed by atoms with van der Waals surface area (Å²) in [5.41, 5.74) is 5.87. The van der Waals surface area contributed by atoms with Crippen LogP contribution in [-0.4, -0.2) is 58.4 Å². The molecule has 3 saturated heterocycles. The molecule has 2 saturated carbocycles. The van der Waals surface area contributed by atoms with Crippen molar-refractivity contribution in [2.45, 2.75) is 108 Å². The summed E-state index contributed by atoms with van der Waals surface area (Å²) in [6.45, 7) is 4.97. The van der Waals surface area contributed by atoms with Crippen LogP contribution < -0.4 is 5.32 Å². The number of morpholine rings is 1. The van der Waals surface area contributed by atoms with E-state index in [0.29, 0.717) is 12.1 Å². The minimum absolute atomic E-state index is 0.237. The van der Waals surface area contributed by atoms with Gasteiger partial charge in [0.25, 0.3) is 0 Å². The lowest BCUT2D eigenvalue weighted by molar-refractivity contribution is -0.0639. The maximum atomic E-state index is 5.62. The van der Waals surface area contributed by atoms with Crippen molar-refractivity contribution in [3.8, 4) is 0 Å². The van der Waals surface area contributed by atoms with Crippen LogP contribution in [0.15, 0.2) is 36.1 Å². The summed E-state index contributed by atoms with van der Waals surface area (Å²) in [4.78, 5) is 8.20. The van der Waals surface area contributed by atoms with Gasteiger partial charge in [0.2, 0.25) is 0 Å². The van der Waals surface area contributed by atoms with Gasteiger partial charge in [0, 0.05) is 36.8 Å². The molecule has 1 N–H and O–H groups in total. The number of piperidine rings is 2. The zero-order valence-corrected chi connectivity index (χ0v) is 23.2. The van der Waals surface area contributed by atoms with E-state index in [1.165, 1.54) is 76.1 Å². The number of nitrogens with zero attached hydrogens (tertiary/aromatic N) is 3. The van der Waals surface area contributed by atoms with Gasteiger partial charge in [-0.05, 0) is 80.9 Å². The fourth-order valence-electron chi connectivity index (χ4n) is 9.01. The highest BCUT2D eigenvalue weighted by atomic mass is 16.5. The molecule has 3 aliphatic heterocycles. The van der Waals surface area contributed by atoms with E-state index in [4.69, 9.17) is 9.72 Å². The number of hydrogen-bond acceptors (Lipinski definition) is 4. The molecule has 0 radical (unpaired) electrons. The highest BCUT2D eigenvalue weighted by Crippen LogP contribution is 2.48. The van der Waals surface area contributed by atoms with Crippen molar-refractivity contribution in [2.24, 2.45) is 17.8 Å². The van der Waals surface area contributed by atoms with E-state index < -0.39 is 0 Å². The highest BCUT2D eigenvalue weighted by molar-refractivity contribution is 5.78. The van der Waals surface area contributed by atoms with Gasteiger partial charge in [0.1, 0.15) is 5.82 Å². The number of para-hydroxylation sites is 2. The van der Waals surface area contributed by atoms with E-state index in [1.807, 2.05) is 0 Å². The zero-order chi connectivity index (χ0) is 25.5. The first-order valence-electron chi connectivity index (χ1n) is 15.7. The van der Waals surface area contributed by atoms with Crippen molar-refractivity contribution in [3.05, 3.63) is 41.9 Å². The van der Waals surface area contributed by atoms with E-state index in [2.05, 4.69) is 63.9 Å². The number of nitrogens with one attached hydrogen (secondary N) is 1. The second-order valence-corrected chi connectivity index (χ2v) is 13.2. The lowest BCUT2D eigenvalue weighted by Gasteiger charge is -2.56. The normalized spacial score (nSPS) is 37.8. The van der Waals surface area contributed by atoms with Crippen molar-refractivity contribution in [1.29, 1.82) is 0 Å². The molecule has 5 fully saturated rings. The van der Waals surface area contributed by atoms with Crippen LogP contribution in [0.2, 0.25) is 0 Å². The fraction of sp³-hybridized carbons (Fsp3) is 0.697. The lowest BCUT2D eigenvalue weighted by atomic mass is 9.71. The Morgan fingerprint density at radius 3 is 2.61 bits per heavy atom. The topological polar surface area (TPSA) is 42.3 Å². The molecule has 4 bridgehead atoms. The summed E-state index contributed by atoms with van der Waals surface area (Å²) in [5.74, 6) is 3.82. The standard InChI is InChI=1S/C33H46N4O/c1-23-13-14-27-20-29(21-32(23)36(27)28-18-24-7-2-3-8-25(17-24)19-28)37-31-11-5-4-10-30(31)35-33(37)12-6-9-26-22-38-16-15-34-26/h4-5,9-12,23-29,32,34H,2-3,7-8,13-22H2,1H3. The summed E-state index contributed by atoms with van der Waals surface area (Å²) in [6, 6.07) is 11.7. The molecule has 5 aliphatic rings. The third-order valence-electron chi connectivity index (χ3n) is 10.7. The molecular weight excluding hydrogens is 468 g/mol. The van der Waals surface area contributed by atoms with E-state index in [0.717, 1.165) is 60.9 Å². The summed E-state index contributed by atoms with van der Waals surface area (Å²) in [7, 11) is 0. The Morgan fingerprint density at radius 1 is 0.947 bits per heavy atom. The first kappa shape index (κ1) is 25.1. The second-order valence-electron chi connectivity index (χ2n) is 13.2. The maximum absolute atomic E-state index is 5.62. The van der Waals surface area contributed by atoms with Crippen molar-refractivity contribution in [2.75, 3.05) is 19.8 Å². The molecule has 204 valence electrons. The molecule has 7 unspecified atom stereocenters. The van der Waals surface area contributed by atoms with Crippen LogP contribution >= 0.6 is 0 Å². The monoisotopic (exact) mass is 514 g/mol. The Morgan fingerprint density at radius 2 is 1.79 bits per heavy atom. The number of hydrogen-bond donors (Lipinski definition) is 1. The van der Waals surface area contributed by atoms with Gasteiger partial charge in [-0.15, -0.1) is 5.73 Å². The van der Waals surface area contributed by atoms with Gasteiger partial charge in [-0.2, -0.15) is 0 Å². The van der Waals surface area contributed by atoms with Crippen LogP contribution in [0.1, 0.15) is 89.4 Å². The molecule has 7 atom stereocenters. The maximum Gasteiger partial charge on any atom is 0.141 e. The summed E-state index contributed by atoms with van der Waals surface area (Å²) >= 11 is 0. The minimum atomic E-state index is 0.237. The number of benzene rings is 1. The number of fused-ring (bicyclic) bond motifs is 5. The first-order valence-corrected chi connectivity index (χ1v) is 15.7. The Hall–Kier alpha value is -1.91. The van der Waals surface area contributed by atoms with Gasteiger partial charge in [-0.3, -0.25) is 4.90 Å². The van der Waals surface area contributed by atoms with Crippen molar-refractivity contribution >= 4 is 17.1 Å². The molecule has 4 heterocycles. The fourth-order valence-corrected chi connectivity index (χ4v) is 9.01. The largest absolute Gasteiger partial charge is 0.378 e. The quantitative estimate of drug-likeness (QED) is 0.483. The predicted octanol–water partition coefficient (Wildman–Crippen LogP) is 6.36. The van der Waals surface area contributed by atoms with Crippen LogP contribution in [-0.2, 0) is 4.74 Å². The highest BCUT2D eigenvalue weighted by Gasteiger charge is 2.47. The molecule has 1 aromatic carbocycles. The van der Waals surface area contributed by atoms with Gasteiger partial charge in [0.05, 0.1) is 30.3 Å². The van der Waals surface area contributed by atoms with Crippen LogP contribution in [0.25, 0.3) is 17.1 Å². The van der Waals surface area contributed by atoms with Gasteiger partial charge < -0.3 is 14.6 Å². The van der Waals surface area contributed by atoms with Crippen molar-refractivity contribution in [3.63, 3.8) is 0 Å². The van der Waals surface area contributed by atoms with Gasteiger partial charge in [0.15, 0.2) is 0 Å². The van der Waals surface area contributed by atoms with Crippen molar-refractivity contribution < 1.29 is 4.74 Å². The van der Waals surface area contributed by atoms with Crippen molar-refractivity contribution in [1.82, 2.24) is 19.8 Å². The van der Waals surface area contributed by atoms with Gasteiger partial charge in [-0.25, -0.2) is 4.98 Å².